The first-order valence-corrected chi connectivity index (χ1v) is 9.27. The van der Waals surface area contributed by atoms with Crippen LogP contribution >= 0.6 is 10.5 Å². The Kier molecular flexibility index (Phi) is 7.37. The number of carbonyl (C=O) groups is 1. The zero-order valence-corrected chi connectivity index (χ0v) is 13.7. The molecule has 1 atom stereocenters. The number of hydrogen-bond acceptors (Lipinski definition) is 1. The van der Waals surface area contributed by atoms with Crippen LogP contribution < -0.4 is 0 Å². The van der Waals surface area contributed by atoms with E-state index in [9.17, 15) is 4.79 Å². The van der Waals surface area contributed by atoms with Gasteiger partial charge in [0.2, 0.25) is 0 Å². The minimum Gasteiger partial charge on any atom is -0.289 e. The Morgan fingerprint density at radius 1 is 0.947 bits per heavy atom. The Bertz CT molecular complexity index is 389. The number of unbranched alkanes of at least 4 members (excludes halogenated alkanes) is 5. The van der Waals surface area contributed by atoms with Crippen LogP contribution in [0.1, 0.15) is 59.3 Å². The zero-order valence-electron chi connectivity index (χ0n) is 12.9. The van der Waals surface area contributed by atoms with Crippen molar-refractivity contribution in [3.63, 3.8) is 0 Å². The van der Waals surface area contributed by atoms with E-state index in [1.165, 1.54) is 49.1 Å². The molecule has 0 bridgehead atoms. The molecule has 0 spiro atoms. The first kappa shape index (κ1) is 16.4. The minimum atomic E-state index is 0.209. The number of Topliss-reactive ketones (excluding diaryl/α,β-unsaturated/α-hetero) is 1. The van der Waals surface area contributed by atoms with Crippen LogP contribution in [-0.2, 0) is 4.79 Å². The van der Waals surface area contributed by atoms with Crippen molar-refractivity contribution in [3.8, 4) is 0 Å². The molecule has 0 fully saturated rings. The predicted molar refractivity (Wildman–Crippen MR) is 89.3 cm³/mol. The predicted octanol–water partition coefficient (Wildman–Crippen LogP) is 4.89. The number of allylic oxidation sites excluding steroid dienone is 4. The van der Waals surface area contributed by atoms with Crippen molar-refractivity contribution >= 4 is 21.1 Å². The summed E-state index contributed by atoms with van der Waals surface area (Å²) in [6.45, 7) is 6.12. The summed E-state index contributed by atoms with van der Waals surface area (Å²) in [5, 5.41) is 0. The van der Waals surface area contributed by atoms with Crippen molar-refractivity contribution in [2.75, 3.05) is 12.0 Å². The van der Waals surface area contributed by atoms with Gasteiger partial charge in [0.25, 0.3) is 0 Å². The molecule has 1 unspecified atom stereocenters. The van der Waals surface area contributed by atoms with Crippen molar-refractivity contribution in [1.82, 2.24) is 0 Å². The van der Waals surface area contributed by atoms with Crippen LogP contribution in [0.25, 0.3) is 0 Å². The van der Waals surface area contributed by atoms with Gasteiger partial charge in [0.05, 0.1) is 0 Å². The van der Waals surface area contributed by atoms with Crippen molar-refractivity contribution in [2.45, 2.75) is 59.3 Å². The third-order valence-corrected chi connectivity index (χ3v) is 5.58. The van der Waals surface area contributed by atoms with Crippen molar-refractivity contribution in [2.24, 2.45) is 0 Å². The van der Waals surface area contributed by atoms with Gasteiger partial charge in [-0.05, 0) is 60.4 Å². The third-order valence-electron chi connectivity index (χ3n) is 3.64. The van der Waals surface area contributed by atoms with Crippen molar-refractivity contribution in [3.05, 3.63) is 23.3 Å². The van der Waals surface area contributed by atoms with E-state index >= 15 is 0 Å². The molecule has 108 valence electrons. The van der Waals surface area contributed by atoms with Crippen LogP contribution in [0.3, 0.4) is 0 Å². The summed E-state index contributed by atoms with van der Waals surface area (Å²) in [7, 11) is 0.292. The van der Waals surface area contributed by atoms with Gasteiger partial charge in [0.1, 0.15) is 0 Å². The molecule has 1 aliphatic carbocycles. The molecule has 0 saturated carbocycles. The Hall–Kier alpha value is -0.630. The summed E-state index contributed by atoms with van der Waals surface area (Å²) in [5.74, 6) is 1.48. The molecule has 1 aliphatic rings. The summed E-state index contributed by atoms with van der Waals surface area (Å²) in [6, 6.07) is 0. The maximum absolute atomic E-state index is 11.7. The molecule has 0 radical (unpaired) electrons. The molecule has 0 N–H and O–H groups in total. The topological polar surface area (TPSA) is 17.1 Å². The lowest BCUT2D eigenvalue weighted by molar-refractivity contribution is -0.112. The normalized spacial score (nSPS) is 17.3. The molecule has 0 amide bonds. The average Bonchev–Trinajstić information content (AvgIpc) is 2.39. The summed E-state index contributed by atoms with van der Waals surface area (Å²) in [4.78, 5) is 13.1. The molecule has 0 heterocycles. The maximum atomic E-state index is 11.7. The summed E-state index contributed by atoms with van der Waals surface area (Å²) in [6.07, 6.45) is 14.6. The van der Waals surface area contributed by atoms with E-state index < -0.39 is 0 Å². The van der Waals surface area contributed by atoms with Gasteiger partial charge in [-0.15, -0.1) is 0 Å². The second kappa shape index (κ2) is 8.52. The molecule has 2 heteroatoms. The lowest BCUT2D eigenvalue weighted by atomic mass is 9.99. The molecular weight excluding hydrogens is 252 g/mol. The Morgan fingerprint density at radius 3 is 2.05 bits per heavy atom. The quantitative estimate of drug-likeness (QED) is 0.479. The van der Waals surface area contributed by atoms with E-state index in [1.807, 2.05) is 13.8 Å². The minimum absolute atomic E-state index is 0.209. The van der Waals surface area contributed by atoms with Crippen LogP contribution in [0.2, 0.25) is 0 Å². The van der Waals surface area contributed by atoms with Gasteiger partial charge in [-0.3, -0.25) is 4.79 Å². The highest BCUT2D eigenvalue weighted by atomic mass is 32.2. The highest BCUT2D eigenvalue weighted by molar-refractivity contribution is 8.15. The second-order valence-electron chi connectivity index (χ2n) is 5.50. The van der Waals surface area contributed by atoms with E-state index in [1.54, 1.807) is 0 Å². The molecule has 0 aromatic heterocycles. The molecule has 1 rings (SSSR count). The average molecular weight is 280 g/mol. The van der Waals surface area contributed by atoms with E-state index in [4.69, 9.17) is 0 Å². The Labute approximate surface area is 121 Å². The lowest BCUT2D eigenvalue weighted by Crippen LogP contribution is -2.11. The summed E-state index contributed by atoms with van der Waals surface area (Å²) in [5.41, 5.74) is 1.80. The van der Waals surface area contributed by atoms with Gasteiger partial charge in [-0.1, -0.05) is 39.0 Å². The van der Waals surface area contributed by atoms with Crippen molar-refractivity contribution < 1.29 is 4.79 Å². The standard InChI is InChI=1S/C17H28OS/c1-5-6-7-8-9-10-11-19(4)16-12-14(2)17(18)15(3)13-16/h12-13H,5-11H2,1-4H3. The van der Waals surface area contributed by atoms with E-state index in [0.29, 0.717) is 10.5 Å². The van der Waals surface area contributed by atoms with E-state index in [-0.39, 0.29) is 5.78 Å². The summed E-state index contributed by atoms with van der Waals surface area (Å²) < 4.78 is 0. The van der Waals surface area contributed by atoms with Gasteiger partial charge in [-0.2, -0.15) is 10.5 Å². The Balaban J connectivity index is 2.45. The second-order valence-corrected chi connectivity index (χ2v) is 7.65. The molecule has 0 aromatic carbocycles. The Morgan fingerprint density at radius 2 is 1.47 bits per heavy atom. The molecule has 0 aliphatic heterocycles. The van der Waals surface area contributed by atoms with Gasteiger partial charge in [0, 0.05) is 0 Å². The fourth-order valence-electron chi connectivity index (χ4n) is 2.33. The highest BCUT2D eigenvalue weighted by Gasteiger charge is 2.13. The number of hydrogen-bond donors (Lipinski definition) is 0. The SMILES string of the molecule is CCCCCCCCS(C)=C1C=C(C)C(=O)C(C)=C1. The monoisotopic (exact) mass is 280 g/mol. The number of ketones is 1. The molecule has 1 nitrogen and oxygen atoms in total. The fourth-order valence-corrected chi connectivity index (χ4v) is 3.96. The van der Waals surface area contributed by atoms with Gasteiger partial charge < -0.3 is 0 Å². The number of carbonyl (C=O) groups excluding carboxylic acids is 1. The largest absolute Gasteiger partial charge is 0.289 e. The molecule has 19 heavy (non-hydrogen) atoms. The molecule has 0 aromatic rings. The zero-order chi connectivity index (χ0) is 14.3. The van der Waals surface area contributed by atoms with Gasteiger partial charge >= 0.3 is 0 Å². The first-order valence-electron chi connectivity index (χ1n) is 7.47. The lowest BCUT2D eigenvalue weighted by Gasteiger charge is -2.13. The number of rotatable bonds is 7. The molecular formula is C17H28OS. The van der Waals surface area contributed by atoms with Crippen molar-refractivity contribution in [1.29, 1.82) is 0 Å². The van der Waals surface area contributed by atoms with Gasteiger partial charge in [-0.25, -0.2) is 0 Å². The van der Waals surface area contributed by atoms with E-state index in [2.05, 4.69) is 25.3 Å². The first-order chi connectivity index (χ1) is 9.06. The van der Waals surface area contributed by atoms with Gasteiger partial charge in [0.15, 0.2) is 5.78 Å². The summed E-state index contributed by atoms with van der Waals surface area (Å²) >= 11 is 0. The van der Waals surface area contributed by atoms with Crippen LogP contribution in [-0.4, -0.2) is 22.7 Å². The maximum Gasteiger partial charge on any atom is 0.184 e. The third kappa shape index (κ3) is 5.48. The fraction of sp³-hybridized carbons (Fsp3) is 0.647. The van der Waals surface area contributed by atoms with Crippen LogP contribution in [0.5, 0.6) is 0 Å². The van der Waals surface area contributed by atoms with Crippen LogP contribution in [0.4, 0.5) is 0 Å². The highest BCUT2D eigenvalue weighted by Crippen LogP contribution is 2.21. The van der Waals surface area contributed by atoms with E-state index in [0.717, 1.165) is 11.1 Å². The van der Waals surface area contributed by atoms with Crippen LogP contribution in [0.15, 0.2) is 23.3 Å². The van der Waals surface area contributed by atoms with Crippen LogP contribution in [0, 0.1) is 0 Å². The smallest absolute Gasteiger partial charge is 0.184 e. The molecule has 0 saturated heterocycles.